The topological polar surface area (TPSA) is 186 Å². The van der Waals surface area contributed by atoms with Crippen molar-refractivity contribution in [2.45, 2.75) is 37.8 Å². The molecule has 2 aromatic carbocycles. The molecule has 1 fully saturated rings. The highest BCUT2D eigenvalue weighted by Crippen LogP contribution is 2.29. The van der Waals surface area contributed by atoms with Crippen molar-refractivity contribution in [3.05, 3.63) is 77.4 Å². The smallest absolute Gasteiger partial charge is 0.257 e. The number of benzene rings is 2. The minimum atomic E-state index is -0.296. The van der Waals surface area contributed by atoms with Crippen molar-refractivity contribution in [3.8, 4) is 23.3 Å². The quantitative estimate of drug-likeness (QED) is 0.208. The van der Waals surface area contributed by atoms with Crippen molar-refractivity contribution in [2.75, 3.05) is 0 Å². The van der Waals surface area contributed by atoms with Crippen LogP contribution in [0.4, 0.5) is 0 Å². The fraction of sp³-hybridized carbons (Fsp3) is 0.231. The van der Waals surface area contributed by atoms with Gasteiger partial charge in [0.25, 0.3) is 5.91 Å². The molecule has 1 saturated carbocycles. The first kappa shape index (κ1) is 24.7. The number of amidine groups is 2. The van der Waals surface area contributed by atoms with Crippen LogP contribution in [0.3, 0.4) is 0 Å². The van der Waals surface area contributed by atoms with E-state index in [1.165, 1.54) is 0 Å². The lowest BCUT2D eigenvalue weighted by atomic mass is 9.91. The standard InChI is InChI=1S/C26H29N7O3/c27-17-5-7-18(8-6-17)32-25(34)21-13-14-22(35-19-9-1-15(2-10-19)23(28)29)33-26(21)36-20-11-3-16(4-12-20)24(30)31/h1-4,9-14,17-18H,5-8,27H2,(H3,28,29)(H3,30,31)(H,32,34). The van der Waals surface area contributed by atoms with E-state index in [9.17, 15) is 4.79 Å². The molecular weight excluding hydrogens is 458 g/mol. The van der Waals surface area contributed by atoms with Gasteiger partial charge in [-0.2, -0.15) is 4.98 Å². The third-order valence-electron chi connectivity index (χ3n) is 5.95. The highest BCUT2D eigenvalue weighted by atomic mass is 16.5. The zero-order valence-electron chi connectivity index (χ0n) is 19.7. The Hall–Kier alpha value is -4.44. The molecule has 3 aromatic rings. The molecule has 1 amide bonds. The van der Waals surface area contributed by atoms with Crippen LogP contribution in [-0.4, -0.2) is 34.6 Å². The zero-order chi connectivity index (χ0) is 25.7. The molecule has 0 atom stereocenters. The second-order valence-corrected chi connectivity index (χ2v) is 8.67. The summed E-state index contributed by atoms with van der Waals surface area (Å²) in [6.45, 7) is 0. The molecule has 10 heteroatoms. The largest absolute Gasteiger partial charge is 0.439 e. The lowest BCUT2D eigenvalue weighted by Gasteiger charge is -2.27. The number of carbonyl (C=O) groups is 1. The summed E-state index contributed by atoms with van der Waals surface area (Å²) < 4.78 is 11.8. The molecule has 1 heterocycles. The van der Waals surface area contributed by atoms with E-state index >= 15 is 0 Å². The van der Waals surface area contributed by atoms with Gasteiger partial charge >= 0.3 is 0 Å². The van der Waals surface area contributed by atoms with Gasteiger partial charge in [0.05, 0.1) is 0 Å². The summed E-state index contributed by atoms with van der Waals surface area (Å²) in [5, 5.41) is 18.1. The molecule has 36 heavy (non-hydrogen) atoms. The van der Waals surface area contributed by atoms with Crippen molar-refractivity contribution >= 4 is 17.6 Å². The molecule has 0 unspecified atom stereocenters. The molecule has 10 nitrogen and oxygen atoms in total. The van der Waals surface area contributed by atoms with Crippen LogP contribution in [0.1, 0.15) is 47.2 Å². The van der Waals surface area contributed by atoms with Gasteiger partial charge in [-0.1, -0.05) is 0 Å². The highest BCUT2D eigenvalue weighted by molar-refractivity contribution is 5.97. The Kier molecular flexibility index (Phi) is 7.45. The molecule has 0 bridgehead atoms. The van der Waals surface area contributed by atoms with E-state index < -0.39 is 0 Å². The Morgan fingerprint density at radius 2 is 1.33 bits per heavy atom. The number of nitrogens with two attached hydrogens (primary N) is 3. The molecule has 9 N–H and O–H groups in total. The summed E-state index contributed by atoms with van der Waals surface area (Å²) in [6, 6.07) is 16.7. The van der Waals surface area contributed by atoms with Gasteiger partial charge in [0.1, 0.15) is 28.7 Å². The molecule has 0 aliphatic heterocycles. The van der Waals surface area contributed by atoms with Gasteiger partial charge in [-0.25, -0.2) is 0 Å². The van der Waals surface area contributed by atoms with Gasteiger partial charge in [-0.3, -0.25) is 15.6 Å². The SMILES string of the molecule is N=C(N)c1ccc(Oc2ccc(C(=O)NC3CCC(N)CC3)c(Oc3ccc(C(=N)N)cc3)n2)cc1. The van der Waals surface area contributed by atoms with E-state index in [0.717, 1.165) is 25.7 Å². The normalized spacial score (nSPS) is 17.1. The zero-order valence-corrected chi connectivity index (χ0v) is 19.7. The number of hydrogen-bond donors (Lipinski definition) is 6. The lowest BCUT2D eigenvalue weighted by molar-refractivity contribution is 0.0923. The molecule has 1 aromatic heterocycles. The van der Waals surface area contributed by atoms with Crippen molar-refractivity contribution in [1.82, 2.24) is 10.3 Å². The van der Waals surface area contributed by atoms with Crippen LogP contribution in [0.2, 0.25) is 0 Å². The van der Waals surface area contributed by atoms with Crippen molar-refractivity contribution in [3.63, 3.8) is 0 Å². The van der Waals surface area contributed by atoms with Crippen LogP contribution in [0.15, 0.2) is 60.7 Å². The summed E-state index contributed by atoms with van der Waals surface area (Å²) in [4.78, 5) is 17.6. The number of carbonyl (C=O) groups excluding carboxylic acids is 1. The number of rotatable bonds is 8. The van der Waals surface area contributed by atoms with Gasteiger partial charge in [0, 0.05) is 29.3 Å². The highest BCUT2D eigenvalue weighted by Gasteiger charge is 2.23. The molecule has 186 valence electrons. The number of ether oxygens (including phenoxy) is 2. The number of nitrogens with zero attached hydrogens (tertiary/aromatic N) is 1. The van der Waals surface area contributed by atoms with Gasteiger partial charge < -0.3 is 32.0 Å². The minimum absolute atomic E-state index is 0.0377. The molecule has 4 rings (SSSR count). The second-order valence-electron chi connectivity index (χ2n) is 8.67. The summed E-state index contributed by atoms with van der Waals surface area (Å²) >= 11 is 0. The number of hydrogen-bond acceptors (Lipinski definition) is 7. The van der Waals surface area contributed by atoms with Crippen LogP contribution in [-0.2, 0) is 0 Å². The Morgan fingerprint density at radius 1 is 0.806 bits per heavy atom. The van der Waals surface area contributed by atoms with Crippen molar-refractivity contribution in [1.29, 1.82) is 10.8 Å². The maximum atomic E-state index is 13.1. The first-order valence-corrected chi connectivity index (χ1v) is 11.6. The number of nitrogens with one attached hydrogen (secondary N) is 3. The Morgan fingerprint density at radius 3 is 1.86 bits per heavy atom. The maximum absolute atomic E-state index is 13.1. The Balaban J connectivity index is 1.58. The second kappa shape index (κ2) is 10.9. The molecule has 0 radical (unpaired) electrons. The summed E-state index contributed by atoms with van der Waals surface area (Å²) in [5.74, 6) is 0.818. The number of nitrogen functional groups attached to an aromatic ring is 2. The van der Waals surface area contributed by atoms with E-state index in [0.29, 0.717) is 22.6 Å². The molecule has 1 aliphatic carbocycles. The third-order valence-corrected chi connectivity index (χ3v) is 5.95. The van der Waals surface area contributed by atoms with Crippen LogP contribution in [0.5, 0.6) is 23.3 Å². The molecule has 0 saturated heterocycles. The first-order valence-electron chi connectivity index (χ1n) is 11.6. The van der Waals surface area contributed by atoms with Crippen LogP contribution in [0.25, 0.3) is 0 Å². The average Bonchev–Trinajstić information content (AvgIpc) is 2.86. The third kappa shape index (κ3) is 6.16. The molecule has 0 spiro atoms. The van der Waals surface area contributed by atoms with Gasteiger partial charge in [0.15, 0.2) is 0 Å². The average molecular weight is 488 g/mol. The van der Waals surface area contributed by atoms with E-state index in [2.05, 4.69) is 10.3 Å². The first-order chi connectivity index (χ1) is 17.3. The van der Waals surface area contributed by atoms with Crippen LogP contribution >= 0.6 is 0 Å². The number of amides is 1. The minimum Gasteiger partial charge on any atom is -0.439 e. The van der Waals surface area contributed by atoms with Crippen LogP contribution < -0.4 is 32.0 Å². The fourth-order valence-electron chi connectivity index (χ4n) is 3.90. The lowest BCUT2D eigenvalue weighted by Crippen LogP contribution is -2.40. The van der Waals surface area contributed by atoms with Gasteiger partial charge in [-0.15, -0.1) is 0 Å². The Bertz CT molecular complexity index is 1250. The van der Waals surface area contributed by atoms with E-state index in [4.69, 9.17) is 37.5 Å². The maximum Gasteiger partial charge on any atom is 0.257 e. The Labute approximate surface area is 208 Å². The van der Waals surface area contributed by atoms with Crippen molar-refractivity contribution < 1.29 is 14.3 Å². The van der Waals surface area contributed by atoms with Crippen LogP contribution in [0, 0.1) is 10.8 Å². The fourth-order valence-corrected chi connectivity index (χ4v) is 3.90. The van der Waals surface area contributed by atoms with Crippen molar-refractivity contribution in [2.24, 2.45) is 17.2 Å². The van der Waals surface area contributed by atoms with E-state index in [1.807, 2.05) is 0 Å². The molecular formula is C26H29N7O3. The number of aromatic nitrogens is 1. The monoisotopic (exact) mass is 487 g/mol. The summed E-state index contributed by atoms with van der Waals surface area (Å²) in [5.41, 5.74) is 18.4. The predicted molar refractivity (Wildman–Crippen MR) is 137 cm³/mol. The van der Waals surface area contributed by atoms with E-state index in [1.54, 1.807) is 60.7 Å². The summed E-state index contributed by atoms with van der Waals surface area (Å²) in [6.07, 6.45) is 3.37. The van der Waals surface area contributed by atoms with E-state index in [-0.39, 0.29) is 47.0 Å². The molecule has 1 aliphatic rings. The van der Waals surface area contributed by atoms with Gasteiger partial charge in [0.2, 0.25) is 11.8 Å². The van der Waals surface area contributed by atoms with Gasteiger partial charge in [-0.05, 0) is 80.3 Å². The predicted octanol–water partition coefficient (Wildman–Crippen LogP) is 3.23. The summed E-state index contributed by atoms with van der Waals surface area (Å²) in [7, 11) is 0. The number of pyridine rings is 1.